The van der Waals surface area contributed by atoms with Crippen molar-refractivity contribution in [3.05, 3.63) is 72.4 Å². The van der Waals surface area contributed by atoms with Crippen LogP contribution in [-0.2, 0) is 0 Å². The summed E-state index contributed by atoms with van der Waals surface area (Å²) in [6, 6.07) is 13.2. The van der Waals surface area contributed by atoms with Crippen LogP contribution < -0.4 is 15.4 Å². The molecular weight excluding hydrogens is 377 g/mol. The number of anilines is 2. The highest BCUT2D eigenvalue weighted by atomic mass is 19.1. The minimum absolute atomic E-state index is 0.300. The van der Waals surface area contributed by atoms with Crippen LogP contribution >= 0.6 is 0 Å². The first-order valence-electron chi connectivity index (χ1n) is 8.51. The summed E-state index contributed by atoms with van der Waals surface area (Å²) in [6.45, 7) is 0. The molecule has 0 bridgehead atoms. The summed E-state index contributed by atoms with van der Waals surface area (Å²) in [6.07, 6.45) is 2.02. The standard InChI is InChI=1S/C20H14FN5O3/c21-12-1-3-13(4-2-12)25-20(28)26-14-5-7-16(8-6-14)29-19-17-9-15(10-27)24-18(17)22-11-23-19/h1-11H,(H,22,23,24)(H2,25,26,28). The van der Waals surface area contributed by atoms with Crippen LogP contribution in [0.2, 0.25) is 0 Å². The zero-order chi connectivity index (χ0) is 20.2. The van der Waals surface area contributed by atoms with Gasteiger partial charge in [0.15, 0.2) is 6.29 Å². The smallest absolute Gasteiger partial charge is 0.323 e. The lowest BCUT2D eigenvalue weighted by Gasteiger charge is -2.09. The number of nitrogens with one attached hydrogen (secondary N) is 3. The highest BCUT2D eigenvalue weighted by molar-refractivity contribution is 5.99. The second-order valence-corrected chi connectivity index (χ2v) is 6.00. The number of aromatic amines is 1. The molecule has 0 fully saturated rings. The van der Waals surface area contributed by atoms with Gasteiger partial charge in [-0.2, -0.15) is 0 Å². The van der Waals surface area contributed by atoms with Gasteiger partial charge in [0.2, 0.25) is 5.88 Å². The summed E-state index contributed by atoms with van der Waals surface area (Å²) in [5.74, 6) is 0.409. The Balaban J connectivity index is 1.43. The maximum absolute atomic E-state index is 12.9. The van der Waals surface area contributed by atoms with E-state index < -0.39 is 6.03 Å². The maximum atomic E-state index is 12.9. The van der Waals surface area contributed by atoms with E-state index in [1.807, 2.05) is 0 Å². The third-order valence-corrected chi connectivity index (χ3v) is 3.97. The number of H-pyrrole nitrogens is 1. The number of hydrogen-bond donors (Lipinski definition) is 3. The molecule has 0 atom stereocenters. The highest BCUT2D eigenvalue weighted by Crippen LogP contribution is 2.27. The van der Waals surface area contributed by atoms with Crippen LogP contribution in [0, 0.1) is 5.82 Å². The van der Waals surface area contributed by atoms with Gasteiger partial charge in [-0.1, -0.05) is 0 Å². The van der Waals surface area contributed by atoms with Crippen molar-refractivity contribution < 1.29 is 18.7 Å². The fourth-order valence-electron chi connectivity index (χ4n) is 2.63. The number of aromatic nitrogens is 3. The van der Waals surface area contributed by atoms with E-state index in [9.17, 15) is 14.0 Å². The van der Waals surface area contributed by atoms with Crippen LogP contribution in [-0.4, -0.2) is 27.3 Å². The van der Waals surface area contributed by atoms with Gasteiger partial charge >= 0.3 is 6.03 Å². The van der Waals surface area contributed by atoms with Crippen molar-refractivity contribution in [1.82, 2.24) is 15.0 Å². The van der Waals surface area contributed by atoms with Gasteiger partial charge in [0.25, 0.3) is 0 Å². The van der Waals surface area contributed by atoms with Crippen molar-refractivity contribution in [3.8, 4) is 11.6 Å². The minimum Gasteiger partial charge on any atom is -0.438 e. The SMILES string of the molecule is O=Cc1cc2c(Oc3ccc(NC(=O)Nc4ccc(F)cc4)cc3)ncnc2[nH]1. The van der Waals surface area contributed by atoms with E-state index in [1.165, 1.54) is 30.6 Å². The molecule has 29 heavy (non-hydrogen) atoms. The molecule has 0 spiro atoms. The average molecular weight is 391 g/mol. The topological polar surface area (TPSA) is 109 Å². The summed E-state index contributed by atoms with van der Waals surface area (Å²) in [4.78, 5) is 34.0. The molecule has 2 aromatic heterocycles. The summed E-state index contributed by atoms with van der Waals surface area (Å²) < 4.78 is 18.7. The first-order valence-corrected chi connectivity index (χ1v) is 8.51. The van der Waals surface area contributed by atoms with Crippen LogP contribution in [0.15, 0.2) is 60.9 Å². The highest BCUT2D eigenvalue weighted by Gasteiger charge is 2.10. The molecule has 2 heterocycles. The normalized spacial score (nSPS) is 10.5. The summed E-state index contributed by atoms with van der Waals surface area (Å²) in [7, 11) is 0. The van der Waals surface area contributed by atoms with Crippen LogP contribution in [0.5, 0.6) is 11.6 Å². The Hall–Kier alpha value is -4.27. The lowest BCUT2D eigenvalue weighted by atomic mass is 10.3. The molecular formula is C20H14FN5O3. The average Bonchev–Trinajstić information content (AvgIpc) is 3.16. The second kappa shape index (κ2) is 7.77. The summed E-state index contributed by atoms with van der Waals surface area (Å²) in [5.41, 5.74) is 1.87. The van der Waals surface area contributed by atoms with Crippen molar-refractivity contribution in [2.45, 2.75) is 0 Å². The van der Waals surface area contributed by atoms with E-state index in [1.54, 1.807) is 30.3 Å². The number of carbonyl (C=O) groups is 2. The molecule has 9 heteroatoms. The Morgan fingerprint density at radius 2 is 1.66 bits per heavy atom. The number of fused-ring (bicyclic) bond motifs is 1. The fourth-order valence-corrected chi connectivity index (χ4v) is 2.63. The van der Waals surface area contributed by atoms with E-state index in [-0.39, 0.29) is 5.82 Å². The van der Waals surface area contributed by atoms with E-state index in [2.05, 4.69) is 25.6 Å². The van der Waals surface area contributed by atoms with Gasteiger partial charge in [0.1, 0.15) is 23.5 Å². The maximum Gasteiger partial charge on any atom is 0.323 e. The third-order valence-electron chi connectivity index (χ3n) is 3.97. The number of carbonyl (C=O) groups excluding carboxylic acids is 2. The van der Waals surface area contributed by atoms with E-state index >= 15 is 0 Å². The number of halogens is 1. The van der Waals surface area contributed by atoms with Crippen LogP contribution in [0.4, 0.5) is 20.6 Å². The zero-order valence-corrected chi connectivity index (χ0v) is 14.8. The third kappa shape index (κ3) is 4.19. The van der Waals surface area contributed by atoms with E-state index in [4.69, 9.17) is 4.74 Å². The number of amides is 2. The zero-order valence-electron chi connectivity index (χ0n) is 14.8. The predicted molar refractivity (Wildman–Crippen MR) is 105 cm³/mol. The number of nitrogens with zero attached hydrogens (tertiary/aromatic N) is 2. The lowest BCUT2D eigenvalue weighted by Crippen LogP contribution is -2.19. The number of rotatable bonds is 5. The molecule has 2 aromatic carbocycles. The van der Waals surface area contributed by atoms with Crippen molar-refractivity contribution in [3.63, 3.8) is 0 Å². The molecule has 8 nitrogen and oxygen atoms in total. The second-order valence-electron chi connectivity index (χ2n) is 6.00. The van der Waals surface area contributed by atoms with Gasteiger partial charge in [-0.25, -0.2) is 19.2 Å². The Morgan fingerprint density at radius 3 is 2.31 bits per heavy atom. The minimum atomic E-state index is -0.462. The molecule has 2 amide bonds. The van der Waals surface area contributed by atoms with Gasteiger partial charge in [-0.3, -0.25) is 4.79 Å². The van der Waals surface area contributed by atoms with Crippen LogP contribution in [0.1, 0.15) is 10.5 Å². The van der Waals surface area contributed by atoms with Gasteiger partial charge in [-0.15, -0.1) is 0 Å². The molecule has 4 rings (SSSR count). The van der Waals surface area contributed by atoms with E-state index in [0.29, 0.717) is 46.0 Å². The molecule has 4 aromatic rings. The molecule has 0 saturated carbocycles. The van der Waals surface area contributed by atoms with Crippen molar-refractivity contribution in [2.24, 2.45) is 0 Å². The Kier molecular flexibility index (Phi) is 4.85. The Labute approximate surface area is 163 Å². The van der Waals surface area contributed by atoms with Gasteiger partial charge in [-0.05, 0) is 54.6 Å². The number of urea groups is 1. The molecule has 0 radical (unpaired) electrons. The van der Waals surface area contributed by atoms with Crippen LogP contribution in [0.3, 0.4) is 0 Å². The predicted octanol–water partition coefficient (Wildman–Crippen LogP) is 4.35. The first kappa shape index (κ1) is 18.1. The molecule has 3 N–H and O–H groups in total. The molecule has 0 aliphatic heterocycles. The largest absolute Gasteiger partial charge is 0.438 e. The summed E-state index contributed by atoms with van der Waals surface area (Å²) >= 11 is 0. The van der Waals surface area contributed by atoms with E-state index in [0.717, 1.165) is 0 Å². The van der Waals surface area contributed by atoms with Crippen molar-refractivity contribution in [2.75, 3.05) is 10.6 Å². The van der Waals surface area contributed by atoms with Crippen LogP contribution in [0.25, 0.3) is 11.0 Å². The monoisotopic (exact) mass is 391 g/mol. The van der Waals surface area contributed by atoms with Crippen molar-refractivity contribution >= 4 is 34.7 Å². The molecule has 0 saturated heterocycles. The van der Waals surface area contributed by atoms with Gasteiger partial charge < -0.3 is 20.4 Å². The number of hydrogen-bond acceptors (Lipinski definition) is 5. The molecule has 0 aliphatic rings. The first-order chi connectivity index (χ1) is 14.1. The van der Waals surface area contributed by atoms with Gasteiger partial charge in [0.05, 0.1) is 11.1 Å². The summed E-state index contributed by atoms with van der Waals surface area (Å²) in [5, 5.41) is 5.85. The molecule has 0 aliphatic carbocycles. The Bertz CT molecular complexity index is 1170. The molecule has 144 valence electrons. The van der Waals surface area contributed by atoms with Crippen molar-refractivity contribution in [1.29, 1.82) is 0 Å². The fraction of sp³-hybridized carbons (Fsp3) is 0. The lowest BCUT2D eigenvalue weighted by molar-refractivity contribution is 0.111. The number of ether oxygens (including phenoxy) is 1. The number of aldehydes is 1. The Morgan fingerprint density at radius 1 is 1.00 bits per heavy atom. The number of benzene rings is 2. The quantitative estimate of drug-likeness (QED) is 0.438. The molecule has 0 unspecified atom stereocenters. The van der Waals surface area contributed by atoms with Gasteiger partial charge in [0, 0.05) is 11.4 Å².